The number of hydrogen-bond donors (Lipinski definition) is 1. The third-order valence-electron chi connectivity index (χ3n) is 12.5. The van der Waals surface area contributed by atoms with Crippen LogP contribution in [0.1, 0.15) is 111 Å². The van der Waals surface area contributed by atoms with Crippen LogP contribution < -0.4 is 5.32 Å². The van der Waals surface area contributed by atoms with Crippen molar-refractivity contribution >= 4 is 23.4 Å². The number of fused-ring (bicyclic) bond motifs is 5. The van der Waals surface area contributed by atoms with Gasteiger partial charge in [0.25, 0.3) is 0 Å². The van der Waals surface area contributed by atoms with E-state index in [1.54, 1.807) is 0 Å². The minimum absolute atomic E-state index is 0.143. The van der Waals surface area contributed by atoms with Crippen molar-refractivity contribution in [2.24, 2.45) is 39.7 Å². The Bertz CT molecular complexity index is 1090. The summed E-state index contributed by atoms with van der Waals surface area (Å²) in [4.78, 5) is 45.2. The number of allylic oxidation sites excluding steroid dienone is 1. The van der Waals surface area contributed by atoms with Gasteiger partial charge >= 0.3 is 6.09 Å². The molecule has 7 atom stereocenters. The van der Waals surface area contributed by atoms with Gasteiger partial charge in [0.1, 0.15) is 0 Å². The lowest BCUT2D eigenvalue weighted by Crippen LogP contribution is -2.51. The third-order valence-corrected chi connectivity index (χ3v) is 12.5. The molecule has 7 heteroatoms. The van der Waals surface area contributed by atoms with E-state index < -0.39 is 0 Å². The van der Waals surface area contributed by atoms with Gasteiger partial charge in [-0.15, -0.1) is 0 Å². The van der Waals surface area contributed by atoms with Crippen LogP contribution in [-0.2, 0) is 14.4 Å². The summed E-state index contributed by atoms with van der Waals surface area (Å²) in [5.41, 5.74) is 2.76. The van der Waals surface area contributed by atoms with E-state index in [1.807, 2.05) is 11.0 Å². The van der Waals surface area contributed by atoms with E-state index in [4.69, 9.17) is 4.84 Å². The number of Topliss-reactive ketones (excluding diaryl/α,β-unsaturated/α-hetero) is 1. The number of nitrogens with zero attached hydrogens (tertiary/aromatic N) is 2. The van der Waals surface area contributed by atoms with Crippen LogP contribution in [0.15, 0.2) is 16.8 Å². The van der Waals surface area contributed by atoms with Crippen LogP contribution in [0.25, 0.3) is 0 Å². The summed E-state index contributed by atoms with van der Waals surface area (Å²) in [6, 6.07) is 0.0417. The number of rotatable bonds is 6. The van der Waals surface area contributed by atoms with Crippen molar-refractivity contribution in [1.82, 2.24) is 10.2 Å². The zero-order chi connectivity index (χ0) is 28.1. The Labute approximate surface area is 239 Å². The summed E-state index contributed by atoms with van der Waals surface area (Å²) < 4.78 is 0. The second kappa shape index (κ2) is 11.0. The van der Waals surface area contributed by atoms with Gasteiger partial charge < -0.3 is 10.2 Å². The van der Waals surface area contributed by atoms with Crippen molar-refractivity contribution in [3.05, 3.63) is 11.6 Å². The standard InChI is InChI=1S/C33H49N3O4/c1-21(35-40-31(39)36(23-6-4-5-7-23)19-15-29-30(38)14-18-34-29)26-10-11-27-25-9-8-22-20-24(37)12-16-32(22,2)28(25)13-17-33(26,27)3/h20,23,25-29,34H,4-19H2,1-3H3/b35-21+/t25-,26+,27-,28-,29?,32-,33+/m0/s1. The molecule has 4 saturated carbocycles. The van der Waals surface area contributed by atoms with E-state index in [9.17, 15) is 14.4 Å². The first-order valence-corrected chi connectivity index (χ1v) is 16.2. The molecule has 1 aliphatic heterocycles. The molecule has 0 bridgehead atoms. The number of hydrogen-bond acceptors (Lipinski definition) is 6. The van der Waals surface area contributed by atoms with E-state index in [2.05, 4.69) is 31.2 Å². The topological polar surface area (TPSA) is 88.1 Å². The average molecular weight is 552 g/mol. The maximum absolute atomic E-state index is 13.3. The summed E-state index contributed by atoms with van der Waals surface area (Å²) in [6.07, 6.45) is 15.8. The smallest absolute Gasteiger partial charge is 0.307 e. The van der Waals surface area contributed by atoms with Gasteiger partial charge in [-0.05, 0) is 106 Å². The van der Waals surface area contributed by atoms with Gasteiger partial charge in [-0.1, -0.05) is 37.4 Å². The number of nitrogens with one attached hydrogen (secondary N) is 1. The molecule has 6 rings (SSSR count). The lowest BCUT2D eigenvalue weighted by atomic mass is 9.46. The zero-order valence-electron chi connectivity index (χ0n) is 24.9. The molecular formula is C33H49N3O4. The van der Waals surface area contributed by atoms with Crippen LogP contribution >= 0.6 is 0 Å². The minimum Gasteiger partial charge on any atom is -0.307 e. The van der Waals surface area contributed by atoms with Crippen LogP contribution in [0.4, 0.5) is 4.79 Å². The van der Waals surface area contributed by atoms with Gasteiger partial charge in [-0.25, -0.2) is 4.79 Å². The number of ketones is 2. The van der Waals surface area contributed by atoms with E-state index in [-0.39, 0.29) is 34.8 Å². The van der Waals surface area contributed by atoms with Crippen molar-refractivity contribution in [3.63, 3.8) is 0 Å². The first-order valence-electron chi connectivity index (χ1n) is 16.2. The molecule has 1 unspecified atom stereocenters. The van der Waals surface area contributed by atoms with E-state index in [1.165, 1.54) is 31.3 Å². The fraction of sp³-hybridized carbons (Fsp3) is 0.818. The Morgan fingerprint density at radius 2 is 1.82 bits per heavy atom. The number of carbonyl (C=O) groups is 3. The Kier molecular flexibility index (Phi) is 7.73. The highest BCUT2D eigenvalue weighted by molar-refractivity contribution is 5.91. The summed E-state index contributed by atoms with van der Waals surface area (Å²) in [5.74, 6) is 2.96. The fourth-order valence-corrected chi connectivity index (χ4v) is 10.3. The molecule has 5 fully saturated rings. The Morgan fingerprint density at radius 3 is 2.58 bits per heavy atom. The van der Waals surface area contributed by atoms with Crippen molar-refractivity contribution in [2.75, 3.05) is 13.1 Å². The molecule has 1 N–H and O–H groups in total. The third kappa shape index (κ3) is 4.88. The highest BCUT2D eigenvalue weighted by atomic mass is 16.7. The molecule has 0 aromatic heterocycles. The summed E-state index contributed by atoms with van der Waals surface area (Å²) in [7, 11) is 0. The maximum atomic E-state index is 13.3. The number of oxime groups is 1. The first-order chi connectivity index (χ1) is 19.2. The van der Waals surface area contributed by atoms with E-state index >= 15 is 0 Å². The van der Waals surface area contributed by atoms with Gasteiger partial charge in [0, 0.05) is 37.9 Å². The highest BCUT2D eigenvalue weighted by Gasteiger charge is 2.59. The lowest BCUT2D eigenvalue weighted by molar-refractivity contribution is -0.119. The second-order valence-corrected chi connectivity index (χ2v) is 14.4. The monoisotopic (exact) mass is 551 g/mol. The largest absolute Gasteiger partial charge is 0.436 e. The Hall–Kier alpha value is -2.02. The lowest BCUT2D eigenvalue weighted by Gasteiger charge is -2.58. The molecule has 1 amide bonds. The Morgan fingerprint density at radius 1 is 1.02 bits per heavy atom. The van der Waals surface area contributed by atoms with Crippen LogP contribution in [0, 0.1) is 34.5 Å². The molecule has 0 aromatic rings. The summed E-state index contributed by atoms with van der Waals surface area (Å²) in [6.45, 7) is 8.25. The van der Waals surface area contributed by atoms with E-state index in [0.29, 0.717) is 55.3 Å². The van der Waals surface area contributed by atoms with Crippen molar-refractivity contribution in [3.8, 4) is 0 Å². The van der Waals surface area contributed by atoms with Crippen molar-refractivity contribution < 1.29 is 19.2 Å². The highest BCUT2D eigenvalue weighted by Crippen LogP contribution is 2.66. The molecule has 0 radical (unpaired) electrons. The van der Waals surface area contributed by atoms with Gasteiger partial charge in [0.05, 0.1) is 11.8 Å². The van der Waals surface area contributed by atoms with Crippen LogP contribution in [-0.4, -0.2) is 53.4 Å². The van der Waals surface area contributed by atoms with Crippen molar-refractivity contribution in [1.29, 1.82) is 0 Å². The van der Waals surface area contributed by atoms with Crippen LogP contribution in [0.3, 0.4) is 0 Å². The number of amides is 1. The Balaban J connectivity index is 1.12. The molecule has 40 heavy (non-hydrogen) atoms. The normalized spacial score (nSPS) is 39.9. The number of carbonyl (C=O) groups excluding carboxylic acids is 3. The predicted molar refractivity (Wildman–Crippen MR) is 155 cm³/mol. The molecular weight excluding hydrogens is 502 g/mol. The maximum Gasteiger partial charge on any atom is 0.436 e. The van der Waals surface area contributed by atoms with Gasteiger partial charge in [0.15, 0.2) is 11.6 Å². The fourth-order valence-electron chi connectivity index (χ4n) is 10.3. The molecule has 220 valence electrons. The van der Waals surface area contributed by atoms with Crippen LogP contribution in [0.5, 0.6) is 0 Å². The molecule has 5 aliphatic carbocycles. The second-order valence-electron chi connectivity index (χ2n) is 14.4. The van der Waals surface area contributed by atoms with Gasteiger partial charge in [-0.2, -0.15) is 0 Å². The minimum atomic E-state index is -0.355. The molecule has 0 spiro atoms. The average Bonchev–Trinajstić information content (AvgIpc) is 3.68. The SMILES string of the molecule is C/C(=N\OC(=O)N(CCC1NCCC1=O)C1CCCC1)[C@H]1CC[C@H]2[C@@H]3CCC4=CC(=O)CC[C@]4(C)[C@H]3CC[C@]12C. The zero-order valence-corrected chi connectivity index (χ0v) is 24.9. The first kappa shape index (κ1) is 28.1. The van der Waals surface area contributed by atoms with Gasteiger partial charge in [0.2, 0.25) is 0 Å². The predicted octanol–water partition coefficient (Wildman–Crippen LogP) is 6.21. The van der Waals surface area contributed by atoms with Crippen molar-refractivity contribution in [2.45, 2.75) is 123 Å². The molecule has 1 heterocycles. The quantitative estimate of drug-likeness (QED) is 0.241. The van der Waals surface area contributed by atoms with Crippen LogP contribution in [0.2, 0.25) is 0 Å². The van der Waals surface area contributed by atoms with Gasteiger partial charge in [-0.3, -0.25) is 14.4 Å². The summed E-state index contributed by atoms with van der Waals surface area (Å²) in [5, 5.41) is 7.79. The summed E-state index contributed by atoms with van der Waals surface area (Å²) >= 11 is 0. The molecule has 7 nitrogen and oxygen atoms in total. The molecule has 6 aliphatic rings. The van der Waals surface area contributed by atoms with E-state index in [0.717, 1.165) is 57.2 Å². The molecule has 1 saturated heterocycles. The molecule has 0 aromatic carbocycles.